The summed E-state index contributed by atoms with van der Waals surface area (Å²) in [6.45, 7) is 0. The number of thiophene rings is 1. The third-order valence-electron chi connectivity index (χ3n) is 8.82. The van der Waals surface area contributed by atoms with Gasteiger partial charge in [0.15, 0.2) is 0 Å². The molecule has 0 saturated heterocycles. The van der Waals surface area contributed by atoms with Gasteiger partial charge in [0.1, 0.15) is 0 Å². The van der Waals surface area contributed by atoms with Gasteiger partial charge in [-0.3, -0.25) is 4.98 Å². The zero-order valence-corrected chi connectivity index (χ0v) is 24.2. The molecule has 0 spiro atoms. The van der Waals surface area contributed by atoms with Crippen LogP contribution in [0.4, 0.5) is 0 Å². The largest absolute Gasteiger partial charge is 0.252 e. The lowest BCUT2D eigenvalue weighted by atomic mass is 9.90. The third-order valence-corrected chi connectivity index (χ3v) is 10.0. The second-order valence-electron chi connectivity index (χ2n) is 11.3. The standard InChI is InChI=1S/C40H26N2S/c1-3-11-33-30(8-1)31-9-2-4-12-34(31)39-38(33)41-24-36(42-39)28-22-18-26(19-23-28)25-16-20-27(21-17-25)29-13-7-14-35-32-10-5-6-15-37(32)43-40(29)35/h1,3-8,10-24H,2,9H2. The molecule has 0 saturated carbocycles. The molecule has 2 nitrogen and oxygen atoms in total. The van der Waals surface area contributed by atoms with Crippen LogP contribution in [-0.2, 0) is 6.42 Å². The summed E-state index contributed by atoms with van der Waals surface area (Å²) in [4.78, 5) is 10.1. The summed E-state index contributed by atoms with van der Waals surface area (Å²) in [6.07, 6.45) is 8.53. The Morgan fingerprint density at radius 2 is 1.23 bits per heavy atom. The predicted octanol–water partition coefficient (Wildman–Crippen LogP) is 11.1. The highest BCUT2D eigenvalue weighted by atomic mass is 32.1. The molecule has 0 aliphatic heterocycles. The fraction of sp³-hybridized carbons (Fsp3) is 0.0500. The molecule has 0 amide bonds. The van der Waals surface area contributed by atoms with Gasteiger partial charge in [0.05, 0.1) is 22.9 Å². The molecular formula is C40H26N2S. The molecule has 0 fully saturated rings. The molecule has 43 heavy (non-hydrogen) atoms. The van der Waals surface area contributed by atoms with Crippen LogP contribution in [0.25, 0.3) is 81.6 Å². The first-order valence-corrected chi connectivity index (χ1v) is 15.6. The summed E-state index contributed by atoms with van der Waals surface area (Å²) in [5.74, 6) is 0. The number of hydrogen-bond acceptors (Lipinski definition) is 3. The number of aromatic nitrogens is 2. The molecule has 2 aromatic heterocycles. The summed E-state index contributed by atoms with van der Waals surface area (Å²) in [5.41, 5.74) is 11.5. The topological polar surface area (TPSA) is 25.8 Å². The van der Waals surface area contributed by atoms with Crippen molar-refractivity contribution in [3.8, 4) is 33.5 Å². The van der Waals surface area contributed by atoms with E-state index in [-0.39, 0.29) is 0 Å². The van der Waals surface area contributed by atoms with E-state index < -0.39 is 0 Å². The molecule has 2 heterocycles. The molecule has 202 valence electrons. The minimum Gasteiger partial charge on any atom is -0.252 e. The first-order valence-electron chi connectivity index (χ1n) is 14.8. The van der Waals surface area contributed by atoms with Crippen molar-refractivity contribution in [2.24, 2.45) is 0 Å². The fourth-order valence-corrected chi connectivity index (χ4v) is 7.92. The van der Waals surface area contributed by atoms with Crippen molar-refractivity contribution < 1.29 is 0 Å². The maximum atomic E-state index is 5.18. The maximum Gasteiger partial charge on any atom is 0.0975 e. The van der Waals surface area contributed by atoms with E-state index in [1.807, 2.05) is 17.5 Å². The van der Waals surface area contributed by atoms with Crippen LogP contribution in [0.1, 0.15) is 17.5 Å². The summed E-state index contributed by atoms with van der Waals surface area (Å²) >= 11 is 1.88. The van der Waals surface area contributed by atoms with Gasteiger partial charge in [0.2, 0.25) is 0 Å². The Bertz CT molecular complexity index is 2380. The van der Waals surface area contributed by atoms with Crippen molar-refractivity contribution in [1.82, 2.24) is 9.97 Å². The minimum atomic E-state index is 0.905. The Hall–Kier alpha value is -5.12. The summed E-state index contributed by atoms with van der Waals surface area (Å²) in [6, 6.07) is 41.6. The van der Waals surface area contributed by atoms with Crippen molar-refractivity contribution in [3.05, 3.63) is 139 Å². The van der Waals surface area contributed by atoms with Crippen LogP contribution in [0.3, 0.4) is 0 Å². The fourth-order valence-electron chi connectivity index (χ4n) is 6.68. The maximum absolute atomic E-state index is 5.18. The number of hydrogen-bond donors (Lipinski definition) is 0. The van der Waals surface area contributed by atoms with Crippen molar-refractivity contribution in [2.75, 3.05) is 0 Å². The molecule has 1 aliphatic rings. The molecule has 6 aromatic carbocycles. The molecule has 1 aliphatic carbocycles. The molecule has 0 atom stereocenters. The van der Waals surface area contributed by atoms with Crippen molar-refractivity contribution in [1.29, 1.82) is 0 Å². The minimum absolute atomic E-state index is 0.905. The van der Waals surface area contributed by atoms with Crippen molar-refractivity contribution in [3.63, 3.8) is 0 Å². The van der Waals surface area contributed by atoms with Crippen molar-refractivity contribution in [2.45, 2.75) is 12.8 Å². The third kappa shape index (κ3) is 3.93. The van der Waals surface area contributed by atoms with Crippen LogP contribution in [0.15, 0.2) is 128 Å². The zero-order valence-electron chi connectivity index (χ0n) is 23.4. The molecule has 3 heteroatoms. The number of nitrogens with zero attached hydrogens (tertiary/aromatic N) is 2. The summed E-state index contributed by atoms with van der Waals surface area (Å²) in [7, 11) is 0. The van der Waals surface area contributed by atoms with E-state index in [1.54, 1.807) is 0 Å². The number of aryl methyl sites for hydroxylation is 1. The lowest BCUT2D eigenvalue weighted by Gasteiger charge is -2.17. The van der Waals surface area contributed by atoms with Crippen LogP contribution in [0.5, 0.6) is 0 Å². The van der Waals surface area contributed by atoms with Crippen LogP contribution in [0.2, 0.25) is 0 Å². The van der Waals surface area contributed by atoms with Gasteiger partial charge < -0.3 is 0 Å². The summed E-state index contributed by atoms with van der Waals surface area (Å²) in [5, 5.41) is 5.15. The van der Waals surface area contributed by atoms with Gasteiger partial charge >= 0.3 is 0 Å². The van der Waals surface area contributed by atoms with E-state index in [1.165, 1.54) is 64.3 Å². The van der Waals surface area contributed by atoms with E-state index in [0.717, 1.165) is 35.1 Å². The van der Waals surface area contributed by atoms with E-state index in [0.29, 0.717) is 0 Å². The average Bonchev–Trinajstić information content (AvgIpc) is 3.47. The highest BCUT2D eigenvalue weighted by Gasteiger charge is 2.17. The van der Waals surface area contributed by atoms with Gasteiger partial charge in [-0.05, 0) is 52.1 Å². The molecule has 8 aromatic rings. The van der Waals surface area contributed by atoms with Gasteiger partial charge in [0, 0.05) is 36.7 Å². The molecule has 0 radical (unpaired) electrons. The Morgan fingerprint density at radius 1 is 0.558 bits per heavy atom. The SMILES string of the molecule is C1=Cc2c(c3ccccc3c3ncc(-c4ccc(-c5ccc(-c6cccc7c6sc6ccccc67)cc5)cc4)nc23)CC1. The van der Waals surface area contributed by atoms with Gasteiger partial charge in [-0.15, -0.1) is 11.3 Å². The lowest BCUT2D eigenvalue weighted by Crippen LogP contribution is -2.01. The first kappa shape index (κ1) is 24.5. The highest BCUT2D eigenvalue weighted by molar-refractivity contribution is 7.26. The average molecular weight is 567 g/mol. The van der Waals surface area contributed by atoms with E-state index in [4.69, 9.17) is 9.97 Å². The van der Waals surface area contributed by atoms with Gasteiger partial charge in [-0.25, -0.2) is 4.98 Å². The molecular weight excluding hydrogens is 541 g/mol. The Labute approximate surface area is 253 Å². The molecule has 9 rings (SSSR count). The molecule has 0 unspecified atom stereocenters. The van der Waals surface area contributed by atoms with E-state index >= 15 is 0 Å². The van der Waals surface area contributed by atoms with Crippen LogP contribution in [-0.4, -0.2) is 9.97 Å². The Balaban J connectivity index is 1.06. The Morgan fingerprint density at radius 3 is 2.05 bits per heavy atom. The number of benzene rings is 6. The normalized spacial score (nSPS) is 12.8. The smallest absolute Gasteiger partial charge is 0.0975 e. The highest BCUT2D eigenvalue weighted by Crippen LogP contribution is 2.40. The number of fused-ring (bicyclic) bond motifs is 9. The quantitative estimate of drug-likeness (QED) is 0.199. The van der Waals surface area contributed by atoms with Crippen LogP contribution in [0, 0.1) is 0 Å². The zero-order chi connectivity index (χ0) is 28.3. The number of rotatable bonds is 3. The van der Waals surface area contributed by atoms with Gasteiger partial charge in [-0.1, -0.05) is 121 Å². The second kappa shape index (κ2) is 9.72. The van der Waals surface area contributed by atoms with E-state index in [2.05, 4.69) is 127 Å². The Kier molecular flexibility index (Phi) is 5.53. The monoisotopic (exact) mass is 566 g/mol. The number of allylic oxidation sites excluding steroid dienone is 1. The van der Waals surface area contributed by atoms with Crippen molar-refractivity contribution >= 4 is 59.4 Å². The summed E-state index contributed by atoms with van der Waals surface area (Å²) < 4.78 is 2.68. The molecule has 0 N–H and O–H groups in total. The second-order valence-corrected chi connectivity index (χ2v) is 12.3. The van der Waals surface area contributed by atoms with Gasteiger partial charge in [0.25, 0.3) is 0 Å². The first-order chi connectivity index (χ1) is 21.3. The predicted molar refractivity (Wildman–Crippen MR) is 184 cm³/mol. The van der Waals surface area contributed by atoms with E-state index in [9.17, 15) is 0 Å². The van der Waals surface area contributed by atoms with Gasteiger partial charge in [-0.2, -0.15) is 0 Å². The lowest BCUT2D eigenvalue weighted by molar-refractivity contribution is 0.998. The van der Waals surface area contributed by atoms with Crippen LogP contribution >= 0.6 is 11.3 Å². The molecule has 0 bridgehead atoms. The van der Waals surface area contributed by atoms with Crippen LogP contribution < -0.4 is 0 Å².